The molecule has 1 amide bonds. The first kappa shape index (κ1) is 22.9. The molecule has 0 bridgehead atoms. The Morgan fingerprint density at radius 2 is 1.56 bits per heavy atom. The second kappa shape index (κ2) is 16.1. The van der Waals surface area contributed by atoms with E-state index in [1.54, 1.807) is 0 Å². The highest BCUT2D eigenvalue weighted by Gasteiger charge is 1.96. The largest absolute Gasteiger partial charge is 0.388 e. The number of ether oxygens (including phenoxy) is 3. The van der Waals surface area contributed by atoms with Gasteiger partial charge in [-0.2, -0.15) is 0 Å². The van der Waals surface area contributed by atoms with Gasteiger partial charge in [0.25, 0.3) is 0 Å². The Kier molecular flexibility index (Phi) is 13.6. The van der Waals surface area contributed by atoms with Crippen molar-refractivity contribution in [1.29, 1.82) is 0 Å². The van der Waals surface area contributed by atoms with Crippen molar-refractivity contribution in [2.24, 2.45) is 0 Å². The highest BCUT2D eigenvalue weighted by molar-refractivity contribution is 5.75. The summed E-state index contributed by atoms with van der Waals surface area (Å²) >= 11 is 0. The van der Waals surface area contributed by atoms with E-state index in [9.17, 15) is 4.79 Å². The summed E-state index contributed by atoms with van der Waals surface area (Å²) in [5.41, 5.74) is 2.18. The molecule has 27 heavy (non-hydrogen) atoms. The molecule has 0 aromatic heterocycles. The summed E-state index contributed by atoms with van der Waals surface area (Å²) < 4.78 is 16.3. The lowest BCUT2D eigenvalue weighted by Crippen LogP contribution is -2.26. The predicted octanol–water partition coefficient (Wildman–Crippen LogP) is 2.38. The van der Waals surface area contributed by atoms with Crippen LogP contribution in [0.5, 0.6) is 0 Å². The van der Waals surface area contributed by atoms with Gasteiger partial charge in [0.05, 0.1) is 39.6 Å². The van der Waals surface area contributed by atoms with Gasteiger partial charge in [-0.3, -0.25) is 4.79 Å². The Hall–Kier alpha value is -2.15. The van der Waals surface area contributed by atoms with E-state index in [2.05, 4.69) is 17.2 Å². The Morgan fingerprint density at radius 1 is 0.963 bits per heavy atom. The first-order valence-corrected chi connectivity index (χ1v) is 9.39. The van der Waals surface area contributed by atoms with Gasteiger partial charge >= 0.3 is 0 Å². The number of amides is 1. The number of carbonyl (C=O) groups excluding carboxylic acids is 1. The van der Waals surface area contributed by atoms with Crippen LogP contribution in [-0.4, -0.2) is 58.6 Å². The summed E-state index contributed by atoms with van der Waals surface area (Å²) in [5, 5.41) is 5.98. The maximum absolute atomic E-state index is 11.0. The summed E-state index contributed by atoms with van der Waals surface area (Å²) in [7, 11) is 0. The van der Waals surface area contributed by atoms with Crippen LogP contribution in [0, 0.1) is 0 Å². The summed E-state index contributed by atoms with van der Waals surface area (Å²) in [4.78, 5) is 11.0. The number of carbonyl (C=O) groups is 1. The minimum absolute atomic E-state index is 0.0396. The molecule has 0 fully saturated rings. The molecule has 0 saturated heterocycles. The summed E-state index contributed by atoms with van der Waals surface area (Å²) in [6.45, 7) is 10.1. The normalized spacial score (nSPS) is 11.2. The van der Waals surface area contributed by atoms with Gasteiger partial charge in [0.1, 0.15) is 0 Å². The van der Waals surface area contributed by atoms with Gasteiger partial charge in [-0.05, 0) is 11.1 Å². The molecule has 2 N–H and O–H groups in total. The SMILES string of the molecule is C=C/C(=C\NCCOCCOCCOCCNC(=O)CC)c1ccccc1. The van der Waals surface area contributed by atoms with Crippen molar-refractivity contribution in [1.82, 2.24) is 10.6 Å². The van der Waals surface area contributed by atoms with Gasteiger partial charge in [0, 0.05) is 25.7 Å². The van der Waals surface area contributed by atoms with Crippen LogP contribution < -0.4 is 10.6 Å². The number of hydrogen-bond donors (Lipinski definition) is 2. The number of allylic oxidation sites excluding steroid dienone is 2. The van der Waals surface area contributed by atoms with Gasteiger partial charge in [-0.25, -0.2) is 0 Å². The fourth-order valence-electron chi connectivity index (χ4n) is 2.13. The van der Waals surface area contributed by atoms with Crippen LogP contribution in [0.15, 0.2) is 49.2 Å². The van der Waals surface area contributed by atoms with Gasteiger partial charge in [0.2, 0.25) is 5.91 Å². The van der Waals surface area contributed by atoms with Crippen molar-refractivity contribution in [2.75, 3.05) is 52.7 Å². The van der Waals surface area contributed by atoms with E-state index < -0.39 is 0 Å². The zero-order valence-electron chi connectivity index (χ0n) is 16.2. The third kappa shape index (κ3) is 12.0. The second-order valence-electron chi connectivity index (χ2n) is 5.66. The van der Waals surface area contributed by atoms with Crippen molar-refractivity contribution < 1.29 is 19.0 Å². The van der Waals surface area contributed by atoms with Crippen LogP contribution >= 0.6 is 0 Å². The molecule has 6 heteroatoms. The summed E-state index contributed by atoms with van der Waals surface area (Å²) in [6, 6.07) is 10.1. The van der Waals surface area contributed by atoms with E-state index >= 15 is 0 Å². The maximum Gasteiger partial charge on any atom is 0.219 e. The molecule has 0 saturated carbocycles. The quantitative estimate of drug-likeness (QED) is 0.342. The molecule has 1 aromatic carbocycles. The molecule has 6 nitrogen and oxygen atoms in total. The molecule has 0 radical (unpaired) electrons. The molecule has 0 atom stereocenters. The Labute approximate surface area is 162 Å². The number of rotatable bonds is 16. The Morgan fingerprint density at radius 3 is 2.15 bits per heavy atom. The number of hydrogen-bond acceptors (Lipinski definition) is 5. The summed E-state index contributed by atoms with van der Waals surface area (Å²) in [5.74, 6) is 0.0396. The number of benzene rings is 1. The van der Waals surface area contributed by atoms with Gasteiger partial charge in [0.15, 0.2) is 0 Å². The average molecular weight is 376 g/mol. The van der Waals surface area contributed by atoms with Gasteiger partial charge in [-0.1, -0.05) is 49.9 Å². The standard InChI is InChI=1S/C21H32N2O4/c1-3-19(20-8-6-5-7-9-20)18-22-10-12-25-14-16-27-17-15-26-13-11-23-21(24)4-2/h3,5-9,18,22H,1,4,10-17H2,2H3,(H,23,24)/b19-18+. The van der Waals surface area contributed by atoms with E-state index in [4.69, 9.17) is 14.2 Å². The Balaban J connectivity index is 1.91. The predicted molar refractivity (Wildman–Crippen MR) is 108 cm³/mol. The van der Waals surface area contributed by atoms with Crippen LogP contribution in [0.2, 0.25) is 0 Å². The van der Waals surface area contributed by atoms with Crippen LogP contribution in [0.1, 0.15) is 18.9 Å². The molecule has 0 spiro atoms. The van der Waals surface area contributed by atoms with Crippen LogP contribution in [0.25, 0.3) is 5.57 Å². The molecular formula is C21H32N2O4. The van der Waals surface area contributed by atoms with Crippen LogP contribution in [0.4, 0.5) is 0 Å². The topological polar surface area (TPSA) is 68.8 Å². The highest BCUT2D eigenvalue weighted by atomic mass is 16.5. The fourth-order valence-corrected chi connectivity index (χ4v) is 2.13. The zero-order valence-corrected chi connectivity index (χ0v) is 16.2. The average Bonchev–Trinajstić information content (AvgIpc) is 2.71. The van der Waals surface area contributed by atoms with Crippen molar-refractivity contribution in [3.8, 4) is 0 Å². The van der Waals surface area contributed by atoms with E-state index in [0.29, 0.717) is 52.6 Å². The molecular weight excluding hydrogens is 344 g/mol. The third-order valence-corrected chi connectivity index (χ3v) is 3.61. The van der Waals surface area contributed by atoms with E-state index in [1.165, 1.54) is 0 Å². The minimum Gasteiger partial charge on any atom is -0.388 e. The maximum atomic E-state index is 11.0. The number of nitrogens with one attached hydrogen (secondary N) is 2. The Bertz CT molecular complexity index is 546. The lowest BCUT2D eigenvalue weighted by atomic mass is 10.1. The minimum atomic E-state index is 0.0396. The summed E-state index contributed by atoms with van der Waals surface area (Å²) in [6.07, 6.45) is 4.27. The van der Waals surface area contributed by atoms with E-state index in [-0.39, 0.29) is 5.91 Å². The molecule has 0 aliphatic heterocycles. The van der Waals surface area contributed by atoms with Crippen LogP contribution in [0.3, 0.4) is 0 Å². The molecule has 0 unspecified atom stereocenters. The third-order valence-electron chi connectivity index (χ3n) is 3.61. The molecule has 150 valence electrons. The first-order valence-electron chi connectivity index (χ1n) is 9.39. The smallest absolute Gasteiger partial charge is 0.219 e. The van der Waals surface area contributed by atoms with E-state index in [1.807, 2.05) is 49.5 Å². The fraction of sp³-hybridized carbons (Fsp3) is 0.476. The molecule has 1 rings (SSSR count). The van der Waals surface area contributed by atoms with Gasteiger partial charge in [-0.15, -0.1) is 0 Å². The van der Waals surface area contributed by atoms with Gasteiger partial charge < -0.3 is 24.8 Å². The van der Waals surface area contributed by atoms with Crippen molar-refractivity contribution in [2.45, 2.75) is 13.3 Å². The van der Waals surface area contributed by atoms with Crippen molar-refractivity contribution in [3.63, 3.8) is 0 Å². The molecule has 0 aliphatic carbocycles. The molecule has 1 aromatic rings. The molecule has 0 aliphatic rings. The molecule has 0 heterocycles. The van der Waals surface area contributed by atoms with Crippen molar-refractivity contribution in [3.05, 3.63) is 54.8 Å². The van der Waals surface area contributed by atoms with E-state index in [0.717, 1.165) is 17.7 Å². The van der Waals surface area contributed by atoms with Crippen molar-refractivity contribution >= 4 is 11.5 Å². The lowest BCUT2D eigenvalue weighted by molar-refractivity contribution is -0.121. The highest BCUT2D eigenvalue weighted by Crippen LogP contribution is 2.13. The first-order chi connectivity index (χ1) is 13.3. The second-order valence-corrected chi connectivity index (χ2v) is 5.66. The zero-order chi connectivity index (χ0) is 19.6. The monoisotopic (exact) mass is 376 g/mol. The lowest BCUT2D eigenvalue weighted by Gasteiger charge is -2.08. The van der Waals surface area contributed by atoms with Crippen LogP contribution in [-0.2, 0) is 19.0 Å².